The van der Waals surface area contributed by atoms with Crippen LogP contribution in [0.25, 0.3) is 0 Å². The zero-order valence-corrected chi connectivity index (χ0v) is 9.04. The second kappa shape index (κ2) is 4.89. The predicted octanol–water partition coefficient (Wildman–Crippen LogP) is 3.03. The fourth-order valence-electron chi connectivity index (χ4n) is 1.34. The molecule has 0 spiro atoms. The van der Waals surface area contributed by atoms with Gasteiger partial charge in [0.2, 0.25) is 0 Å². The summed E-state index contributed by atoms with van der Waals surface area (Å²) >= 11 is 0. The third-order valence-electron chi connectivity index (χ3n) is 2.37. The number of hydrogen-bond acceptors (Lipinski definition) is 2. The van der Waals surface area contributed by atoms with E-state index in [1.165, 1.54) is 5.56 Å². The van der Waals surface area contributed by atoms with Gasteiger partial charge >= 0.3 is 0 Å². The summed E-state index contributed by atoms with van der Waals surface area (Å²) in [5.41, 5.74) is 1.19. The standard InChI is InChI=1S/C12H17O2/c1-5-9(2)10-6-7-11(13-3)12(8-10)14-4/h6-9H,2,5H2,1,3-4H3. The van der Waals surface area contributed by atoms with Crippen molar-refractivity contribution in [1.29, 1.82) is 0 Å². The third kappa shape index (κ3) is 2.19. The average Bonchev–Trinajstić information content (AvgIpc) is 2.26. The molecule has 0 N–H and O–H groups in total. The molecule has 1 aromatic rings. The molecule has 1 aromatic carbocycles. The van der Waals surface area contributed by atoms with Gasteiger partial charge in [0.15, 0.2) is 11.5 Å². The van der Waals surface area contributed by atoms with Gasteiger partial charge in [-0.05, 0) is 37.0 Å². The maximum absolute atomic E-state index is 5.22. The van der Waals surface area contributed by atoms with Gasteiger partial charge in [-0.3, -0.25) is 0 Å². The molecule has 0 aliphatic carbocycles. The summed E-state index contributed by atoms with van der Waals surface area (Å²) in [6.07, 6.45) is 1.02. The minimum absolute atomic E-state index is 0.315. The van der Waals surface area contributed by atoms with Crippen LogP contribution in [0.3, 0.4) is 0 Å². The molecule has 2 heteroatoms. The molecular weight excluding hydrogens is 176 g/mol. The van der Waals surface area contributed by atoms with E-state index in [4.69, 9.17) is 9.47 Å². The molecule has 2 nitrogen and oxygen atoms in total. The molecule has 0 saturated carbocycles. The van der Waals surface area contributed by atoms with Crippen LogP contribution in [0.5, 0.6) is 11.5 Å². The summed E-state index contributed by atoms with van der Waals surface area (Å²) in [6.45, 7) is 6.18. The van der Waals surface area contributed by atoms with Crippen LogP contribution in [0.15, 0.2) is 18.2 Å². The monoisotopic (exact) mass is 193 g/mol. The van der Waals surface area contributed by atoms with E-state index in [0.717, 1.165) is 17.9 Å². The van der Waals surface area contributed by atoms with Gasteiger partial charge in [-0.2, -0.15) is 0 Å². The second-order valence-electron chi connectivity index (χ2n) is 3.22. The molecule has 0 heterocycles. The van der Waals surface area contributed by atoms with Gasteiger partial charge in [0.05, 0.1) is 14.2 Å². The van der Waals surface area contributed by atoms with Crippen LogP contribution in [0.4, 0.5) is 0 Å². The van der Waals surface area contributed by atoms with Crippen molar-refractivity contribution in [3.8, 4) is 11.5 Å². The van der Waals surface area contributed by atoms with Gasteiger partial charge in [0.25, 0.3) is 0 Å². The van der Waals surface area contributed by atoms with Crippen LogP contribution in [-0.2, 0) is 0 Å². The molecule has 0 bridgehead atoms. The van der Waals surface area contributed by atoms with Crippen LogP contribution in [-0.4, -0.2) is 14.2 Å². The lowest BCUT2D eigenvalue weighted by Gasteiger charge is -2.12. The smallest absolute Gasteiger partial charge is 0.160 e. The molecule has 0 fully saturated rings. The van der Waals surface area contributed by atoms with Crippen molar-refractivity contribution in [3.63, 3.8) is 0 Å². The highest BCUT2D eigenvalue weighted by Gasteiger charge is 2.08. The molecule has 0 aromatic heterocycles. The summed E-state index contributed by atoms with van der Waals surface area (Å²) < 4.78 is 10.4. The van der Waals surface area contributed by atoms with Gasteiger partial charge in [-0.1, -0.05) is 13.0 Å². The zero-order chi connectivity index (χ0) is 10.6. The first kappa shape index (κ1) is 10.9. The Morgan fingerprint density at radius 1 is 1.21 bits per heavy atom. The first-order valence-corrected chi connectivity index (χ1v) is 4.78. The van der Waals surface area contributed by atoms with Crippen LogP contribution in [0.2, 0.25) is 0 Å². The maximum atomic E-state index is 5.22. The van der Waals surface area contributed by atoms with Crippen molar-refractivity contribution in [2.75, 3.05) is 14.2 Å². The first-order valence-electron chi connectivity index (χ1n) is 4.78. The Balaban J connectivity index is 3.01. The van der Waals surface area contributed by atoms with Crippen molar-refractivity contribution in [2.24, 2.45) is 0 Å². The molecule has 1 rings (SSSR count). The lowest BCUT2D eigenvalue weighted by Crippen LogP contribution is -1.95. The largest absolute Gasteiger partial charge is 0.493 e. The van der Waals surface area contributed by atoms with Gasteiger partial charge in [-0.15, -0.1) is 0 Å². The van der Waals surface area contributed by atoms with Gasteiger partial charge in [0, 0.05) is 0 Å². The Bertz CT molecular complexity index is 294. The Morgan fingerprint density at radius 3 is 2.36 bits per heavy atom. The Kier molecular flexibility index (Phi) is 3.81. The number of hydrogen-bond donors (Lipinski definition) is 0. The van der Waals surface area contributed by atoms with Crippen LogP contribution in [0, 0.1) is 6.92 Å². The maximum Gasteiger partial charge on any atom is 0.160 e. The zero-order valence-electron chi connectivity index (χ0n) is 9.04. The number of ether oxygens (including phenoxy) is 2. The van der Waals surface area contributed by atoms with E-state index in [1.54, 1.807) is 14.2 Å². The van der Waals surface area contributed by atoms with Crippen LogP contribution >= 0.6 is 0 Å². The van der Waals surface area contributed by atoms with Crippen molar-refractivity contribution in [1.82, 2.24) is 0 Å². The van der Waals surface area contributed by atoms with E-state index < -0.39 is 0 Å². The second-order valence-corrected chi connectivity index (χ2v) is 3.22. The lowest BCUT2D eigenvalue weighted by atomic mass is 9.98. The number of methoxy groups -OCH3 is 2. The molecule has 14 heavy (non-hydrogen) atoms. The minimum Gasteiger partial charge on any atom is -0.493 e. The van der Waals surface area contributed by atoms with Gasteiger partial charge in [-0.25, -0.2) is 0 Å². The van der Waals surface area contributed by atoms with Crippen LogP contribution < -0.4 is 9.47 Å². The molecule has 1 radical (unpaired) electrons. The minimum atomic E-state index is 0.315. The summed E-state index contributed by atoms with van der Waals surface area (Å²) in [7, 11) is 3.28. The summed E-state index contributed by atoms with van der Waals surface area (Å²) in [5.74, 6) is 1.85. The fraction of sp³-hybridized carbons (Fsp3) is 0.417. The fourth-order valence-corrected chi connectivity index (χ4v) is 1.34. The molecule has 0 aliphatic rings. The SMILES string of the molecule is [CH2]C(CC)c1ccc(OC)c(OC)c1. The van der Waals surface area contributed by atoms with Crippen molar-refractivity contribution in [2.45, 2.75) is 19.3 Å². The highest BCUT2D eigenvalue weighted by molar-refractivity contribution is 5.44. The molecule has 1 unspecified atom stereocenters. The normalized spacial score (nSPS) is 12.3. The number of benzene rings is 1. The topological polar surface area (TPSA) is 18.5 Å². The molecule has 0 aliphatic heterocycles. The van der Waals surface area contributed by atoms with Gasteiger partial charge < -0.3 is 9.47 Å². The Labute approximate surface area is 85.8 Å². The number of rotatable bonds is 4. The summed E-state index contributed by atoms with van der Waals surface area (Å²) in [5, 5.41) is 0. The highest BCUT2D eigenvalue weighted by Crippen LogP contribution is 2.31. The molecule has 0 amide bonds. The van der Waals surface area contributed by atoms with Crippen LogP contribution in [0.1, 0.15) is 24.8 Å². The summed E-state index contributed by atoms with van der Waals surface area (Å²) in [6, 6.07) is 5.94. The lowest BCUT2D eigenvalue weighted by molar-refractivity contribution is 0.354. The molecule has 77 valence electrons. The van der Waals surface area contributed by atoms with E-state index in [-0.39, 0.29) is 0 Å². The highest BCUT2D eigenvalue weighted by atomic mass is 16.5. The Hall–Kier alpha value is -1.18. The van der Waals surface area contributed by atoms with Crippen molar-refractivity contribution >= 4 is 0 Å². The van der Waals surface area contributed by atoms with E-state index >= 15 is 0 Å². The van der Waals surface area contributed by atoms with E-state index in [2.05, 4.69) is 13.8 Å². The third-order valence-corrected chi connectivity index (χ3v) is 2.37. The van der Waals surface area contributed by atoms with E-state index in [1.807, 2.05) is 18.2 Å². The predicted molar refractivity (Wildman–Crippen MR) is 57.9 cm³/mol. The van der Waals surface area contributed by atoms with Crippen molar-refractivity contribution < 1.29 is 9.47 Å². The molecule has 0 saturated heterocycles. The van der Waals surface area contributed by atoms with Crippen molar-refractivity contribution in [3.05, 3.63) is 30.7 Å². The first-order chi connectivity index (χ1) is 6.72. The van der Waals surface area contributed by atoms with E-state index in [0.29, 0.717) is 5.92 Å². The summed E-state index contributed by atoms with van der Waals surface area (Å²) in [4.78, 5) is 0. The average molecular weight is 193 g/mol. The molecular formula is C12H17O2. The molecule has 1 atom stereocenters. The van der Waals surface area contributed by atoms with E-state index in [9.17, 15) is 0 Å². The quantitative estimate of drug-likeness (QED) is 0.731. The Morgan fingerprint density at radius 2 is 1.86 bits per heavy atom. The van der Waals surface area contributed by atoms with Gasteiger partial charge in [0.1, 0.15) is 0 Å².